The zero-order valence-electron chi connectivity index (χ0n) is 9.35. The molecule has 2 heterocycles. The van der Waals surface area contributed by atoms with Crippen LogP contribution in [0, 0.1) is 0 Å². The first-order chi connectivity index (χ1) is 7.41. The van der Waals surface area contributed by atoms with Gasteiger partial charge in [-0.25, -0.2) is 0 Å². The Kier molecular flexibility index (Phi) is 16.1. The van der Waals surface area contributed by atoms with Crippen molar-refractivity contribution in [3.05, 3.63) is 0 Å². The summed E-state index contributed by atoms with van der Waals surface area (Å²) < 4.78 is 10.1. The Balaban J connectivity index is 0.000000210. The quantitative estimate of drug-likeness (QED) is 0.640. The molecule has 15 heavy (non-hydrogen) atoms. The molecule has 0 aromatic carbocycles. The van der Waals surface area contributed by atoms with Crippen LogP contribution >= 0.6 is 20.0 Å². The van der Waals surface area contributed by atoms with Crippen molar-refractivity contribution in [2.45, 2.75) is 38.5 Å². The fraction of sp³-hybridized carbons (Fsp3) is 1.00. The number of hydrogen-bond acceptors (Lipinski definition) is 2. The van der Waals surface area contributed by atoms with Crippen LogP contribution < -0.4 is 0 Å². The second kappa shape index (κ2) is 15.0. The van der Waals surface area contributed by atoms with Crippen LogP contribution in [0.25, 0.3) is 0 Å². The molecule has 0 unspecified atom stereocenters. The molecule has 0 aromatic rings. The Labute approximate surface area is 108 Å². The Morgan fingerprint density at radius 1 is 0.600 bits per heavy atom. The molecule has 0 spiro atoms. The van der Waals surface area contributed by atoms with Gasteiger partial charge in [-0.1, -0.05) is 0 Å². The van der Waals surface area contributed by atoms with Gasteiger partial charge in [0.05, 0.1) is 0 Å². The second-order valence-electron chi connectivity index (χ2n) is 3.45. The predicted molar refractivity (Wildman–Crippen MR) is 69.6 cm³/mol. The molecule has 2 nitrogen and oxygen atoms in total. The molecule has 0 bridgehead atoms. The predicted octanol–water partition coefficient (Wildman–Crippen LogP) is 2.84. The number of halogens is 2. The van der Waals surface area contributed by atoms with E-state index in [1.165, 1.54) is 38.5 Å². The first-order valence-electron chi connectivity index (χ1n) is 5.69. The maximum absolute atomic E-state index is 5.07. The molecular formula is C10H22Cl2GeO2. The molecule has 0 aliphatic carbocycles. The van der Waals surface area contributed by atoms with Gasteiger partial charge in [-0.05, 0) is 38.5 Å². The van der Waals surface area contributed by atoms with Gasteiger partial charge in [0.2, 0.25) is 0 Å². The van der Waals surface area contributed by atoms with Crippen molar-refractivity contribution in [1.82, 2.24) is 0 Å². The van der Waals surface area contributed by atoms with Gasteiger partial charge in [0.15, 0.2) is 0 Å². The summed E-state index contributed by atoms with van der Waals surface area (Å²) >= 11 is -0.931. The standard InChI is InChI=1S/2C5H10O.Cl2GeH2/c2*1-2-4-6-5-3-1;1-3-2/h2*1-5H2;3H2. The van der Waals surface area contributed by atoms with Crippen molar-refractivity contribution in [3.63, 3.8) is 0 Å². The number of rotatable bonds is 0. The van der Waals surface area contributed by atoms with Crippen LogP contribution in [0.2, 0.25) is 0 Å². The fourth-order valence-electron chi connectivity index (χ4n) is 1.37. The van der Waals surface area contributed by atoms with E-state index in [2.05, 4.69) is 0 Å². The molecule has 0 aromatic heterocycles. The molecule has 2 fully saturated rings. The van der Waals surface area contributed by atoms with E-state index in [0.29, 0.717) is 0 Å². The molecule has 0 amide bonds. The number of ether oxygens (including phenoxy) is 2. The van der Waals surface area contributed by atoms with Crippen molar-refractivity contribution in [2.24, 2.45) is 0 Å². The first-order valence-corrected chi connectivity index (χ1v) is 13.5. The van der Waals surface area contributed by atoms with Crippen LogP contribution in [-0.4, -0.2) is 40.0 Å². The Morgan fingerprint density at radius 2 is 0.867 bits per heavy atom. The molecule has 0 N–H and O–H groups in total. The van der Waals surface area contributed by atoms with Gasteiger partial charge in [0.1, 0.15) is 0 Å². The van der Waals surface area contributed by atoms with E-state index >= 15 is 0 Å². The van der Waals surface area contributed by atoms with Crippen molar-refractivity contribution in [2.75, 3.05) is 26.4 Å². The monoisotopic (exact) mass is 318 g/mol. The van der Waals surface area contributed by atoms with Gasteiger partial charge in [-0.3, -0.25) is 0 Å². The van der Waals surface area contributed by atoms with Gasteiger partial charge >= 0.3 is 33.6 Å². The molecule has 0 radical (unpaired) electrons. The summed E-state index contributed by atoms with van der Waals surface area (Å²) in [5.41, 5.74) is 0. The van der Waals surface area contributed by atoms with Crippen molar-refractivity contribution in [3.8, 4) is 0 Å². The summed E-state index contributed by atoms with van der Waals surface area (Å²) in [5.74, 6) is 0. The van der Waals surface area contributed by atoms with Crippen molar-refractivity contribution < 1.29 is 9.47 Å². The van der Waals surface area contributed by atoms with Crippen LogP contribution in [0.4, 0.5) is 0 Å². The SMILES string of the molecule is C1CCOCC1.C1CCOCC1.[Cl][GeH2][Cl]. The zero-order valence-corrected chi connectivity index (χ0v) is 13.8. The van der Waals surface area contributed by atoms with Crippen LogP contribution in [0.5, 0.6) is 0 Å². The normalized spacial score (nSPS) is 20.4. The van der Waals surface area contributed by atoms with E-state index in [9.17, 15) is 0 Å². The molecule has 2 saturated heterocycles. The Morgan fingerprint density at radius 3 is 0.933 bits per heavy atom. The second-order valence-corrected chi connectivity index (χ2v) is 8.07. The fourth-order valence-corrected chi connectivity index (χ4v) is 1.37. The molecule has 92 valence electrons. The molecule has 5 heteroatoms. The Bertz CT molecular complexity index is 74.6. The minimum atomic E-state index is -0.931. The molecule has 2 aliphatic heterocycles. The average molecular weight is 318 g/mol. The third kappa shape index (κ3) is 15.0. The average Bonchev–Trinajstić information content (AvgIpc) is 2.35. The van der Waals surface area contributed by atoms with E-state index in [-0.39, 0.29) is 0 Å². The van der Waals surface area contributed by atoms with E-state index < -0.39 is 13.6 Å². The summed E-state index contributed by atoms with van der Waals surface area (Å²) in [5, 5.41) is 0. The molecular weight excluding hydrogens is 296 g/mol. The summed E-state index contributed by atoms with van der Waals surface area (Å²) in [7, 11) is 9.90. The van der Waals surface area contributed by atoms with Gasteiger partial charge in [0, 0.05) is 26.4 Å². The molecule has 2 aliphatic rings. The van der Waals surface area contributed by atoms with Crippen LogP contribution in [0.3, 0.4) is 0 Å². The van der Waals surface area contributed by atoms with E-state index in [1.807, 2.05) is 0 Å². The summed E-state index contributed by atoms with van der Waals surface area (Å²) in [6.45, 7) is 4.00. The van der Waals surface area contributed by atoms with Crippen LogP contribution in [0.15, 0.2) is 0 Å². The van der Waals surface area contributed by atoms with Gasteiger partial charge in [0.25, 0.3) is 0 Å². The first kappa shape index (κ1) is 16.0. The van der Waals surface area contributed by atoms with E-state index in [0.717, 1.165) is 26.4 Å². The van der Waals surface area contributed by atoms with Crippen molar-refractivity contribution >= 4 is 33.6 Å². The Hall–Kier alpha value is 1.04. The van der Waals surface area contributed by atoms with Gasteiger partial charge in [-0.15, -0.1) is 0 Å². The van der Waals surface area contributed by atoms with Crippen LogP contribution in [-0.2, 0) is 9.47 Å². The minimum absolute atomic E-state index is 0.931. The van der Waals surface area contributed by atoms with E-state index in [1.54, 1.807) is 0 Å². The topological polar surface area (TPSA) is 18.5 Å². The molecule has 0 saturated carbocycles. The molecule has 0 atom stereocenters. The third-order valence-electron chi connectivity index (χ3n) is 2.15. The summed E-state index contributed by atoms with van der Waals surface area (Å²) in [6, 6.07) is 0. The third-order valence-corrected chi connectivity index (χ3v) is 2.15. The van der Waals surface area contributed by atoms with Gasteiger partial charge < -0.3 is 9.47 Å². The summed E-state index contributed by atoms with van der Waals surface area (Å²) in [4.78, 5) is 0. The van der Waals surface area contributed by atoms with Crippen molar-refractivity contribution in [1.29, 1.82) is 0 Å². The molecule has 2 rings (SSSR count). The zero-order chi connectivity index (χ0) is 11.2. The maximum atomic E-state index is 5.07. The number of hydrogen-bond donors (Lipinski definition) is 0. The van der Waals surface area contributed by atoms with Crippen LogP contribution in [0.1, 0.15) is 38.5 Å². The van der Waals surface area contributed by atoms with Gasteiger partial charge in [-0.2, -0.15) is 0 Å². The van der Waals surface area contributed by atoms with E-state index in [4.69, 9.17) is 29.5 Å². The summed E-state index contributed by atoms with van der Waals surface area (Å²) in [6.07, 6.45) is 7.86.